The summed E-state index contributed by atoms with van der Waals surface area (Å²) in [5, 5.41) is 7.21. The molecule has 0 fully saturated rings. The lowest BCUT2D eigenvalue weighted by Gasteiger charge is -2.04. The number of halogens is 2. The van der Waals surface area contributed by atoms with Gasteiger partial charge in [-0.1, -0.05) is 29.3 Å². The lowest BCUT2D eigenvalue weighted by Crippen LogP contribution is -2.16. The molecule has 2 aromatic rings. The van der Waals surface area contributed by atoms with E-state index in [-0.39, 0.29) is 0 Å². The fourth-order valence-electron chi connectivity index (χ4n) is 1.75. The molecule has 0 bridgehead atoms. The van der Waals surface area contributed by atoms with Crippen LogP contribution in [0.2, 0.25) is 10.0 Å². The van der Waals surface area contributed by atoms with Crippen molar-refractivity contribution in [2.75, 3.05) is 0 Å². The summed E-state index contributed by atoms with van der Waals surface area (Å²) in [6.45, 7) is 0. The lowest BCUT2D eigenvalue weighted by molar-refractivity contribution is 0.249. The van der Waals surface area contributed by atoms with Gasteiger partial charge in [-0.25, -0.2) is 14.8 Å². The Balaban J connectivity index is 1.99. The second kappa shape index (κ2) is 5.11. The van der Waals surface area contributed by atoms with E-state index in [1.807, 2.05) is 6.07 Å². The minimum absolute atomic E-state index is 0.408. The average Bonchev–Trinajstić information content (AvgIpc) is 2.89. The summed E-state index contributed by atoms with van der Waals surface area (Å²) in [5.41, 5.74) is 2.50. The van der Waals surface area contributed by atoms with Gasteiger partial charge in [0.1, 0.15) is 12.0 Å². The first kappa shape index (κ1) is 12.9. The normalized spacial score (nSPS) is 13.7. The molecule has 7 heteroatoms. The van der Waals surface area contributed by atoms with Gasteiger partial charge in [-0.15, -0.1) is 0 Å². The fourth-order valence-corrected chi connectivity index (χ4v) is 2.04. The van der Waals surface area contributed by atoms with Crippen molar-refractivity contribution in [3.8, 4) is 11.3 Å². The zero-order valence-electron chi connectivity index (χ0n) is 9.97. The third-order valence-electron chi connectivity index (χ3n) is 2.70. The van der Waals surface area contributed by atoms with Crippen molar-refractivity contribution < 1.29 is 4.79 Å². The Hall–Kier alpha value is -2.11. The number of urea groups is 1. The molecule has 1 aromatic heterocycles. The van der Waals surface area contributed by atoms with E-state index in [1.165, 1.54) is 12.5 Å². The molecule has 1 aromatic carbocycles. The molecule has 2 amide bonds. The molecule has 5 nitrogen and oxygen atoms in total. The number of carbonyl (C=O) groups is 1. The van der Waals surface area contributed by atoms with Gasteiger partial charge in [-0.05, 0) is 18.2 Å². The molecule has 1 N–H and O–H groups in total. The summed E-state index contributed by atoms with van der Waals surface area (Å²) >= 11 is 11.9. The van der Waals surface area contributed by atoms with Crippen molar-refractivity contribution >= 4 is 34.9 Å². The molecule has 0 unspecified atom stereocenters. The molecule has 1 radical (unpaired) electrons. The van der Waals surface area contributed by atoms with Gasteiger partial charge in [0, 0.05) is 11.8 Å². The van der Waals surface area contributed by atoms with Crippen molar-refractivity contribution in [1.29, 1.82) is 0 Å². The van der Waals surface area contributed by atoms with Crippen LogP contribution in [0.1, 0.15) is 5.69 Å². The zero-order valence-corrected chi connectivity index (χ0v) is 11.5. The largest absolute Gasteiger partial charge is 0.345 e. The second-order valence-corrected chi connectivity index (χ2v) is 4.82. The van der Waals surface area contributed by atoms with Crippen LogP contribution in [-0.4, -0.2) is 16.0 Å². The highest BCUT2D eigenvalue weighted by Crippen LogP contribution is 2.28. The van der Waals surface area contributed by atoms with Crippen LogP contribution in [0.25, 0.3) is 17.0 Å². The van der Waals surface area contributed by atoms with E-state index in [9.17, 15) is 4.79 Å². The van der Waals surface area contributed by atoms with Crippen molar-refractivity contribution in [3.63, 3.8) is 0 Å². The highest BCUT2D eigenvalue weighted by atomic mass is 35.5. The zero-order chi connectivity index (χ0) is 14.1. The van der Waals surface area contributed by atoms with E-state index in [1.54, 1.807) is 18.2 Å². The molecule has 1 aliphatic heterocycles. The minimum atomic E-state index is -0.408. The number of nitrogens with one attached hydrogen (secondary N) is 1. The van der Waals surface area contributed by atoms with Gasteiger partial charge in [0.25, 0.3) is 0 Å². The smallest absolute Gasteiger partial charge is 0.310 e. The number of hydrogen-bond acceptors (Lipinski definition) is 3. The highest BCUT2D eigenvalue weighted by Gasteiger charge is 2.17. The minimum Gasteiger partial charge on any atom is -0.310 e. The Morgan fingerprint density at radius 3 is 2.50 bits per heavy atom. The number of carbonyl (C=O) groups excluding carboxylic acids is 1. The molecule has 20 heavy (non-hydrogen) atoms. The van der Waals surface area contributed by atoms with Gasteiger partial charge in [0.05, 0.1) is 21.4 Å². The summed E-state index contributed by atoms with van der Waals surface area (Å²) in [5.74, 6) is 0. The fraction of sp³-hybridized carbons (Fsp3) is 0. The number of benzene rings is 1. The number of rotatable bonds is 2. The number of nitrogens with zero attached hydrogens (tertiary/aromatic N) is 3. The number of hydrogen-bond donors (Lipinski definition) is 1. The first-order valence-electron chi connectivity index (χ1n) is 5.64. The standard InChI is InChI=1S/C13H7Cl2N4O/c14-8-2-1-7(3-9(8)15)10-4-11(18-6-17-10)12-5-16-13(20)19-12/h1-6H,(H,16,20). The first-order valence-corrected chi connectivity index (χ1v) is 6.39. The van der Waals surface area contributed by atoms with Gasteiger partial charge >= 0.3 is 6.03 Å². The van der Waals surface area contributed by atoms with Crippen LogP contribution in [0.4, 0.5) is 4.79 Å². The van der Waals surface area contributed by atoms with Crippen LogP contribution in [0.3, 0.4) is 0 Å². The average molecular weight is 306 g/mol. The summed E-state index contributed by atoms with van der Waals surface area (Å²) in [7, 11) is 0. The van der Waals surface area contributed by atoms with E-state index in [0.717, 1.165) is 5.56 Å². The predicted octanol–water partition coefficient (Wildman–Crippen LogP) is 3.08. The van der Waals surface area contributed by atoms with Crippen LogP contribution >= 0.6 is 23.2 Å². The molecule has 0 spiro atoms. The second-order valence-electron chi connectivity index (χ2n) is 4.01. The van der Waals surface area contributed by atoms with E-state index >= 15 is 0 Å². The van der Waals surface area contributed by atoms with E-state index in [2.05, 4.69) is 20.6 Å². The molecule has 3 rings (SSSR count). The molecule has 2 heterocycles. The summed E-state index contributed by atoms with van der Waals surface area (Å²) < 4.78 is 0. The Kier molecular flexibility index (Phi) is 3.30. The molecule has 0 atom stereocenters. The van der Waals surface area contributed by atoms with Crippen LogP contribution in [0.5, 0.6) is 0 Å². The molecular formula is C13H7Cl2N4O. The van der Waals surface area contributed by atoms with Crippen LogP contribution in [0.15, 0.2) is 36.8 Å². The van der Waals surface area contributed by atoms with Crippen LogP contribution in [0, 0.1) is 0 Å². The number of aromatic nitrogens is 2. The quantitative estimate of drug-likeness (QED) is 0.927. The van der Waals surface area contributed by atoms with Crippen molar-refractivity contribution in [3.05, 3.63) is 52.5 Å². The maximum Gasteiger partial charge on any atom is 0.345 e. The van der Waals surface area contributed by atoms with Crippen LogP contribution < -0.4 is 10.6 Å². The Bertz CT molecular complexity index is 730. The van der Waals surface area contributed by atoms with Gasteiger partial charge in [-0.2, -0.15) is 5.32 Å². The van der Waals surface area contributed by atoms with Gasteiger partial charge in [-0.3, -0.25) is 0 Å². The van der Waals surface area contributed by atoms with Crippen molar-refractivity contribution in [1.82, 2.24) is 20.6 Å². The Morgan fingerprint density at radius 2 is 1.80 bits per heavy atom. The topological polar surface area (TPSA) is 69.0 Å². The Morgan fingerprint density at radius 1 is 1.00 bits per heavy atom. The third kappa shape index (κ3) is 2.45. The molecule has 99 valence electrons. The summed E-state index contributed by atoms with van der Waals surface area (Å²) in [6, 6.07) is 6.55. The van der Waals surface area contributed by atoms with Gasteiger partial charge in [0.2, 0.25) is 0 Å². The van der Waals surface area contributed by atoms with E-state index in [0.29, 0.717) is 27.1 Å². The molecule has 0 saturated carbocycles. The molecule has 1 aliphatic rings. The third-order valence-corrected chi connectivity index (χ3v) is 3.44. The molecule has 0 aliphatic carbocycles. The lowest BCUT2D eigenvalue weighted by atomic mass is 10.1. The van der Waals surface area contributed by atoms with E-state index < -0.39 is 6.03 Å². The summed E-state index contributed by atoms with van der Waals surface area (Å²) in [4.78, 5) is 19.3. The SMILES string of the molecule is O=C1[N]C(c2cc(-c3ccc(Cl)c(Cl)c3)ncn2)=CN1. The maximum absolute atomic E-state index is 11.1. The van der Waals surface area contributed by atoms with Crippen molar-refractivity contribution in [2.45, 2.75) is 0 Å². The van der Waals surface area contributed by atoms with E-state index in [4.69, 9.17) is 23.2 Å². The van der Waals surface area contributed by atoms with Crippen LogP contribution in [-0.2, 0) is 0 Å². The number of amides is 2. The summed E-state index contributed by atoms with van der Waals surface area (Å²) in [6.07, 6.45) is 2.91. The highest BCUT2D eigenvalue weighted by molar-refractivity contribution is 6.42. The van der Waals surface area contributed by atoms with Gasteiger partial charge in [0.15, 0.2) is 0 Å². The maximum atomic E-state index is 11.1. The predicted molar refractivity (Wildman–Crippen MR) is 76.1 cm³/mol. The monoisotopic (exact) mass is 305 g/mol. The molecular weight excluding hydrogens is 299 g/mol. The first-order chi connectivity index (χ1) is 9.63. The Labute approximate surface area is 124 Å². The molecule has 0 saturated heterocycles. The van der Waals surface area contributed by atoms with Gasteiger partial charge < -0.3 is 5.32 Å². The van der Waals surface area contributed by atoms with Crippen molar-refractivity contribution in [2.24, 2.45) is 0 Å².